The summed E-state index contributed by atoms with van der Waals surface area (Å²) in [4.78, 5) is 9.28. The topological polar surface area (TPSA) is 48.9 Å². The lowest BCUT2D eigenvalue weighted by Crippen LogP contribution is -2.46. The summed E-state index contributed by atoms with van der Waals surface area (Å²) in [6, 6.07) is 4.72. The zero-order valence-electron chi connectivity index (χ0n) is 16.5. The molecule has 0 aromatic carbocycles. The minimum absolute atomic E-state index is 0. The third-order valence-electron chi connectivity index (χ3n) is 3.71. The number of hydrogen-bond acceptors (Lipinski definition) is 4. The highest BCUT2D eigenvalue weighted by molar-refractivity contribution is 14.0. The van der Waals surface area contributed by atoms with Gasteiger partial charge in [0.15, 0.2) is 5.96 Å². The van der Waals surface area contributed by atoms with Gasteiger partial charge < -0.3 is 20.3 Å². The first kappa shape index (κ1) is 24.6. The normalized spacial score (nSPS) is 14.1. The van der Waals surface area contributed by atoms with Crippen molar-refractivity contribution in [2.45, 2.75) is 45.8 Å². The van der Waals surface area contributed by atoms with Crippen molar-refractivity contribution in [3.05, 3.63) is 21.9 Å². The Bertz CT molecular complexity index is 493. The van der Waals surface area contributed by atoms with Crippen LogP contribution in [0.5, 0.6) is 0 Å². The molecule has 0 saturated heterocycles. The lowest BCUT2D eigenvalue weighted by Gasteiger charge is -2.22. The van der Waals surface area contributed by atoms with Crippen molar-refractivity contribution in [1.29, 1.82) is 0 Å². The highest BCUT2D eigenvalue weighted by Crippen LogP contribution is 2.16. The van der Waals surface area contributed by atoms with Gasteiger partial charge in [0.2, 0.25) is 0 Å². The van der Waals surface area contributed by atoms with E-state index < -0.39 is 0 Å². The number of aryl methyl sites for hydroxylation is 1. The first-order valence-electron chi connectivity index (χ1n) is 8.73. The Balaban J connectivity index is 0.00000576. The molecule has 0 radical (unpaired) electrons. The molecule has 5 nitrogen and oxygen atoms in total. The number of rotatable bonds is 10. The molecule has 0 fully saturated rings. The minimum Gasteiger partial charge on any atom is -0.377 e. The molecule has 0 spiro atoms. The molecule has 1 aromatic heterocycles. The van der Waals surface area contributed by atoms with Gasteiger partial charge in [-0.05, 0) is 53.4 Å². The van der Waals surface area contributed by atoms with E-state index in [0.29, 0.717) is 6.04 Å². The van der Waals surface area contributed by atoms with Crippen molar-refractivity contribution < 1.29 is 4.74 Å². The van der Waals surface area contributed by atoms with Crippen LogP contribution in [0, 0.1) is 6.92 Å². The summed E-state index contributed by atoms with van der Waals surface area (Å²) in [5.41, 5.74) is 0. The molecule has 1 rings (SSSR count). The number of ether oxygens (including phenoxy) is 1. The Morgan fingerprint density at radius 3 is 2.60 bits per heavy atom. The third-order valence-corrected chi connectivity index (χ3v) is 4.73. The molecule has 0 bridgehead atoms. The number of thiophene rings is 1. The summed E-state index contributed by atoms with van der Waals surface area (Å²) in [7, 11) is 5.99. The first-order chi connectivity index (χ1) is 11.4. The SMILES string of the molecule is CCOC(CCN(C)C)CNC(=NC)NC(C)Cc1ccc(C)s1.I. The molecule has 1 aromatic rings. The predicted octanol–water partition coefficient (Wildman–Crippen LogP) is 3.13. The molecule has 0 saturated carbocycles. The quantitative estimate of drug-likeness (QED) is 0.306. The van der Waals surface area contributed by atoms with Gasteiger partial charge >= 0.3 is 0 Å². The van der Waals surface area contributed by atoms with Crippen LogP contribution >= 0.6 is 35.3 Å². The molecular formula is C18H35IN4OS. The highest BCUT2D eigenvalue weighted by atomic mass is 127. The maximum absolute atomic E-state index is 5.82. The summed E-state index contributed by atoms with van der Waals surface area (Å²) in [5, 5.41) is 6.87. The van der Waals surface area contributed by atoms with Crippen LogP contribution in [0.2, 0.25) is 0 Å². The van der Waals surface area contributed by atoms with Crippen molar-refractivity contribution in [2.24, 2.45) is 4.99 Å². The number of nitrogens with zero attached hydrogens (tertiary/aromatic N) is 2. The molecule has 2 atom stereocenters. The van der Waals surface area contributed by atoms with Gasteiger partial charge in [0.1, 0.15) is 0 Å². The van der Waals surface area contributed by atoms with Crippen LogP contribution in [-0.2, 0) is 11.2 Å². The van der Waals surface area contributed by atoms with E-state index in [1.54, 1.807) is 0 Å². The van der Waals surface area contributed by atoms with Gasteiger partial charge in [0.05, 0.1) is 6.10 Å². The zero-order valence-corrected chi connectivity index (χ0v) is 19.6. The average molecular weight is 482 g/mol. The molecule has 0 aliphatic heterocycles. The van der Waals surface area contributed by atoms with Crippen LogP contribution in [0.15, 0.2) is 17.1 Å². The Morgan fingerprint density at radius 2 is 2.08 bits per heavy atom. The van der Waals surface area contributed by atoms with Gasteiger partial charge in [-0.2, -0.15) is 0 Å². The van der Waals surface area contributed by atoms with Crippen LogP contribution in [0.3, 0.4) is 0 Å². The smallest absolute Gasteiger partial charge is 0.191 e. The third kappa shape index (κ3) is 11.0. The van der Waals surface area contributed by atoms with Crippen LogP contribution < -0.4 is 10.6 Å². The van der Waals surface area contributed by atoms with Gasteiger partial charge in [0, 0.05) is 49.0 Å². The molecule has 7 heteroatoms. The minimum atomic E-state index is 0. The van der Waals surface area contributed by atoms with E-state index >= 15 is 0 Å². The summed E-state index contributed by atoms with van der Waals surface area (Å²) in [6.07, 6.45) is 2.22. The standard InChI is InChI=1S/C18H34N4OS.HI/c1-7-23-16(10-11-22(5)6)13-20-18(19-4)21-14(2)12-17-9-8-15(3)24-17;/h8-9,14,16H,7,10-13H2,1-6H3,(H2,19,20,21);1H. The molecule has 0 amide bonds. The van der Waals surface area contributed by atoms with Crippen LogP contribution in [0.4, 0.5) is 0 Å². The Morgan fingerprint density at radius 1 is 1.36 bits per heavy atom. The number of nitrogens with one attached hydrogen (secondary N) is 2. The van der Waals surface area contributed by atoms with Crippen molar-refractivity contribution in [3.8, 4) is 0 Å². The number of halogens is 1. The number of hydrogen-bond donors (Lipinski definition) is 2. The Hall–Kier alpha value is -0.380. The van der Waals surface area contributed by atoms with Crippen molar-refractivity contribution in [3.63, 3.8) is 0 Å². The van der Waals surface area contributed by atoms with E-state index in [2.05, 4.69) is 60.6 Å². The van der Waals surface area contributed by atoms with Gasteiger partial charge in [-0.1, -0.05) is 0 Å². The Kier molecular flexibility index (Phi) is 13.6. The lowest BCUT2D eigenvalue weighted by atomic mass is 10.2. The van der Waals surface area contributed by atoms with E-state index in [4.69, 9.17) is 4.74 Å². The summed E-state index contributed by atoms with van der Waals surface area (Å²) >= 11 is 1.86. The molecule has 1 heterocycles. The average Bonchev–Trinajstić information content (AvgIpc) is 2.93. The van der Waals surface area contributed by atoms with Gasteiger partial charge in [-0.25, -0.2) is 0 Å². The predicted molar refractivity (Wildman–Crippen MR) is 121 cm³/mol. The maximum Gasteiger partial charge on any atom is 0.191 e. The van der Waals surface area contributed by atoms with Crippen LogP contribution in [0.25, 0.3) is 0 Å². The van der Waals surface area contributed by atoms with Gasteiger partial charge in [0.25, 0.3) is 0 Å². The molecule has 25 heavy (non-hydrogen) atoms. The van der Waals surface area contributed by atoms with Gasteiger partial charge in [-0.15, -0.1) is 35.3 Å². The highest BCUT2D eigenvalue weighted by Gasteiger charge is 2.12. The molecule has 2 unspecified atom stereocenters. The van der Waals surface area contributed by atoms with E-state index in [9.17, 15) is 0 Å². The Labute approximate surface area is 174 Å². The zero-order chi connectivity index (χ0) is 17.9. The molecule has 146 valence electrons. The molecule has 0 aliphatic rings. The fraction of sp³-hybridized carbons (Fsp3) is 0.722. The fourth-order valence-electron chi connectivity index (χ4n) is 2.47. The van der Waals surface area contributed by atoms with Crippen molar-refractivity contribution in [2.75, 3.05) is 40.8 Å². The number of aliphatic imine (C=N–C) groups is 1. The van der Waals surface area contributed by atoms with E-state index in [-0.39, 0.29) is 30.1 Å². The van der Waals surface area contributed by atoms with Crippen molar-refractivity contribution >= 4 is 41.3 Å². The second-order valence-corrected chi connectivity index (χ2v) is 7.76. The van der Waals surface area contributed by atoms with Gasteiger partial charge in [-0.3, -0.25) is 4.99 Å². The summed E-state index contributed by atoms with van der Waals surface area (Å²) in [5.74, 6) is 0.838. The van der Waals surface area contributed by atoms with E-state index in [1.165, 1.54) is 9.75 Å². The second kappa shape index (κ2) is 13.8. The summed E-state index contributed by atoms with van der Waals surface area (Å²) in [6.45, 7) is 8.90. The largest absolute Gasteiger partial charge is 0.377 e. The first-order valence-corrected chi connectivity index (χ1v) is 9.55. The maximum atomic E-state index is 5.82. The fourth-order valence-corrected chi connectivity index (χ4v) is 3.49. The molecule has 2 N–H and O–H groups in total. The van der Waals surface area contributed by atoms with Crippen LogP contribution in [-0.4, -0.2) is 63.8 Å². The summed E-state index contributed by atoms with van der Waals surface area (Å²) < 4.78 is 5.82. The van der Waals surface area contributed by atoms with Crippen molar-refractivity contribution in [1.82, 2.24) is 15.5 Å². The monoisotopic (exact) mass is 482 g/mol. The van der Waals surface area contributed by atoms with E-state index in [0.717, 1.165) is 38.5 Å². The second-order valence-electron chi connectivity index (χ2n) is 6.38. The van der Waals surface area contributed by atoms with Crippen LogP contribution in [0.1, 0.15) is 30.0 Å². The lowest BCUT2D eigenvalue weighted by molar-refractivity contribution is 0.0548. The molecule has 0 aliphatic carbocycles. The van der Waals surface area contributed by atoms with E-state index in [1.807, 2.05) is 25.3 Å². The number of guanidine groups is 1. The molecular weight excluding hydrogens is 447 g/mol.